The Hall–Kier alpha value is -0.870. The lowest BCUT2D eigenvalue weighted by atomic mass is 9.97. The minimum absolute atomic E-state index is 0.320. The van der Waals surface area contributed by atoms with E-state index in [0.29, 0.717) is 19.0 Å². The van der Waals surface area contributed by atoms with Gasteiger partial charge in [0.2, 0.25) is 0 Å². The number of hydrogen-bond acceptors (Lipinski definition) is 3. The maximum absolute atomic E-state index is 10.1. The molecule has 0 aliphatic carbocycles. The van der Waals surface area contributed by atoms with Crippen LogP contribution < -0.4 is 5.32 Å². The van der Waals surface area contributed by atoms with Gasteiger partial charge in [-0.1, -0.05) is 32.8 Å². The minimum atomic E-state index is -0.947. The second-order valence-corrected chi connectivity index (χ2v) is 3.54. The van der Waals surface area contributed by atoms with Crippen LogP contribution in [-0.4, -0.2) is 35.4 Å². The zero-order chi connectivity index (χ0) is 11.7. The summed E-state index contributed by atoms with van der Waals surface area (Å²) in [6, 6.07) is 0. The van der Waals surface area contributed by atoms with Gasteiger partial charge in [-0.15, -0.1) is 0 Å². The predicted octanol–water partition coefficient (Wildman–Crippen LogP) is 1.01. The minimum Gasteiger partial charge on any atom is -0.478 e. The molecule has 3 N–H and O–H groups in total. The average Bonchev–Trinajstić information content (AvgIpc) is 2.18. The van der Waals surface area contributed by atoms with E-state index in [0.717, 1.165) is 18.9 Å². The monoisotopic (exact) mass is 215 g/mol. The summed E-state index contributed by atoms with van der Waals surface area (Å²) in [6.45, 7) is 5.10. The molecule has 0 fully saturated rings. The molecule has 0 saturated heterocycles. The Balaban J connectivity index is 3.62. The van der Waals surface area contributed by atoms with Gasteiger partial charge in [-0.2, -0.15) is 0 Å². The molecule has 0 aliphatic heterocycles. The number of aliphatic carboxylic acids is 1. The first-order chi connectivity index (χ1) is 7.11. The van der Waals surface area contributed by atoms with Gasteiger partial charge in [0.15, 0.2) is 0 Å². The van der Waals surface area contributed by atoms with Crippen molar-refractivity contribution >= 4 is 5.97 Å². The second kappa shape index (κ2) is 8.44. The Labute approximate surface area is 91.0 Å². The summed E-state index contributed by atoms with van der Waals surface area (Å²) >= 11 is 0. The molecule has 88 valence electrons. The highest BCUT2D eigenvalue weighted by Gasteiger charge is 2.13. The third-order valence-corrected chi connectivity index (χ3v) is 2.47. The van der Waals surface area contributed by atoms with Crippen molar-refractivity contribution in [2.45, 2.75) is 32.8 Å². The molecule has 1 unspecified atom stereocenters. The molecule has 0 aromatic rings. The van der Waals surface area contributed by atoms with Gasteiger partial charge in [0.25, 0.3) is 0 Å². The molecule has 0 radical (unpaired) electrons. The van der Waals surface area contributed by atoms with Crippen molar-refractivity contribution < 1.29 is 15.0 Å². The Morgan fingerprint density at radius 1 is 1.40 bits per heavy atom. The number of carboxylic acid groups (broad SMARTS) is 1. The molecule has 4 heteroatoms. The third-order valence-electron chi connectivity index (χ3n) is 2.47. The Kier molecular flexibility index (Phi) is 7.95. The first kappa shape index (κ1) is 14.1. The van der Waals surface area contributed by atoms with E-state index in [1.165, 1.54) is 6.08 Å². The van der Waals surface area contributed by atoms with Crippen LogP contribution in [0.1, 0.15) is 26.7 Å². The maximum atomic E-state index is 10.1. The van der Waals surface area contributed by atoms with Crippen molar-refractivity contribution in [3.05, 3.63) is 12.2 Å². The standard InChI is InChI=1S/C11H21NO3/c1-3-9(4-2)10(13)8-12-7-5-6-11(14)15/h5-6,9-10,12-13H,3-4,7-8H2,1-2H3,(H,14,15)/b6-5+. The average molecular weight is 215 g/mol. The first-order valence-corrected chi connectivity index (χ1v) is 5.40. The van der Waals surface area contributed by atoms with Crippen LogP contribution in [0.15, 0.2) is 12.2 Å². The lowest BCUT2D eigenvalue weighted by molar-refractivity contribution is -0.131. The second-order valence-electron chi connectivity index (χ2n) is 3.54. The molecule has 0 aromatic heterocycles. The topological polar surface area (TPSA) is 69.6 Å². The van der Waals surface area contributed by atoms with Crippen LogP contribution in [0.2, 0.25) is 0 Å². The molecule has 0 spiro atoms. The van der Waals surface area contributed by atoms with Crippen LogP contribution in [-0.2, 0) is 4.79 Å². The fourth-order valence-electron chi connectivity index (χ4n) is 1.47. The van der Waals surface area contributed by atoms with Crippen LogP contribution >= 0.6 is 0 Å². The van der Waals surface area contributed by atoms with Crippen molar-refractivity contribution in [3.8, 4) is 0 Å². The van der Waals surface area contributed by atoms with Crippen molar-refractivity contribution in [1.29, 1.82) is 0 Å². The highest BCUT2D eigenvalue weighted by molar-refractivity contribution is 5.79. The van der Waals surface area contributed by atoms with E-state index in [1.54, 1.807) is 0 Å². The molecule has 0 aromatic carbocycles. The molecule has 15 heavy (non-hydrogen) atoms. The largest absolute Gasteiger partial charge is 0.478 e. The zero-order valence-corrected chi connectivity index (χ0v) is 9.44. The van der Waals surface area contributed by atoms with Crippen LogP contribution in [0.3, 0.4) is 0 Å². The highest BCUT2D eigenvalue weighted by atomic mass is 16.4. The summed E-state index contributed by atoms with van der Waals surface area (Å²) in [4.78, 5) is 10.1. The van der Waals surface area contributed by atoms with E-state index in [-0.39, 0.29) is 6.10 Å². The van der Waals surface area contributed by atoms with Gasteiger partial charge >= 0.3 is 5.97 Å². The molecule has 0 bridgehead atoms. The van der Waals surface area contributed by atoms with E-state index in [4.69, 9.17) is 5.11 Å². The van der Waals surface area contributed by atoms with Gasteiger partial charge in [0, 0.05) is 19.2 Å². The van der Waals surface area contributed by atoms with E-state index in [1.807, 2.05) is 0 Å². The van der Waals surface area contributed by atoms with Gasteiger partial charge in [-0.25, -0.2) is 4.79 Å². The van der Waals surface area contributed by atoms with E-state index >= 15 is 0 Å². The lowest BCUT2D eigenvalue weighted by Crippen LogP contribution is -2.32. The first-order valence-electron chi connectivity index (χ1n) is 5.40. The van der Waals surface area contributed by atoms with Crippen LogP contribution in [0.4, 0.5) is 0 Å². The van der Waals surface area contributed by atoms with Crippen LogP contribution in [0.25, 0.3) is 0 Å². The summed E-state index contributed by atoms with van der Waals surface area (Å²) in [7, 11) is 0. The molecule has 1 atom stereocenters. The van der Waals surface area contributed by atoms with Crippen molar-refractivity contribution in [2.24, 2.45) is 5.92 Å². The van der Waals surface area contributed by atoms with E-state index in [9.17, 15) is 9.90 Å². The number of carboxylic acids is 1. The molecular weight excluding hydrogens is 194 g/mol. The number of rotatable bonds is 8. The van der Waals surface area contributed by atoms with Crippen molar-refractivity contribution in [1.82, 2.24) is 5.32 Å². The normalized spacial score (nSPS) is 13.6. The molecule has 0 rings (SSSR count). The quantitative estimate of drug-likeness (QED) is 0.417. The maximum Gasteiger partial charge on any atom is 0.328 e. The smallest absolute Gasteiger partial charge is 0.328 e. The number of carbonyl (C=O) groups is 1. The van der Waals surface area contributed by atoms with E-state index in [2.05, 4.69) is 19.2 Å². The molecule has 0 saturated carbocycles. The van der Waals surface area contributed by atoms with Crippen molar-refractivity contribution in [2.75, 3.05) is 13.1 Å². The highest BCUT2D eigenvalue weighted by Crippen LogP contribution is 2.11. The number of aliphatic hydroxyl groups excluding tert-OH is 1. The predicted molar refractivity (Wildman–Crippen MR) is 59.7 cm³/mol. The van der Waals surface area contributed by atoms with Crippen LogP contribution in [0.5, 0.6) is 0 Å². The zero-order valence-electron chi connectivity index (χ0n) is 9.44. The summed E-state index contributed by atoms with van der Waals surface area (Å²) in [5.74, 6) is -0.627. The lowest BCUT2D eigenvalue weighted by Gasteiger charge is -2.19. The Morgan fingerprint density at radius 3 is 2.47 bits per heavy atom. The molecule has 0 aliphatic rings. The Bertz CT molecular complexity index is 200. The van der Waals surface area contributed by atoms with Gasteiger partial charge < -0.3 is 15.5 Å². The fraction of sp³-hybridized carbons (Fsp3) is 0.727. The summed E-state index contributed by atoms with van der Waals surface area (Å²) in [5, 5.41) is 21.0. The third kappa shape index (κ3) is 7.11. The number of aliphatic hydroxyl groups is 1. The number of nitrogens with one attached hydrogen (secondary N) is 1. The molecule has 0 amide bonds. The fourth-order valence-corrected chi connectivity index (χ4v) is 1.47. The van der Waals surface area contributed by atoms with Crippen molar-refractivity contribution in [3.63, 3.8) is 0 Å². The van der Waals surface area contributed by atoms with Gasteiger partial charge in [-0.3, -0.25) is 0 Å². The molecule has 4 nitrogen and oxygen atoms in total. The molecule has 0 heterocycles. The van der Waals surface area contributed by atoms with Gasteiger partial charge in [0.1, 0.15) is 0 Å². The summed E-state index contributed by atoms with van der Waals surface area (Å²) in [6.07, 6.45) is 4.20. The number of hydrogen-bond donors (Lipinski definition) is 3. The van der Waals surface area contributed by atoms with Crippen LogP contribution in [0, 0.1) is 5.92 Å². The Morgan fingerprint density at radius 2 is 2.00 bits per heavy atom. The summed E-state index contributed by atoms with van der Waals surface area (Å²) < 4.78 is 0. The van der Waals surface area contributed by atoms with E-state index < -0.39 is 5.97 Å². The molecular formula is C11H21NO3. The van der Waals surface area contributed by atoms with Gasteiger partial charge in [0.05, 0.1) is 6.10 Å². The SMILES string of the molecule is CCC(CC)C(O)CNC/C=C/C(=O)O. The van der Waals surface area contributed by atoms with Gasteiger partial charge in [-0.05, 0) is 5.92 Å². The summed E-state index contributed by atoms with van der Waals surface area (Å²) in [5.41, 5.74) is 0.